The van der Waals surface area contributed by atoms with Crippen molar-refractivity contribution in [1.82, 2.24) is 10.6 Å². The van der Waals surface area contributed by atoms with E-state index < -0.39 is 10.8 Å². The fraction of sp³-hybridized carbons (Fsp3) is 0.857. The molecule has 1 heterocycles. The smallest absolute Gasteiger partial charge is 0.232 e. The molecule has 1 unspecified atom stereocenters. The quantitative estimate of drug-likeness (QED) is 0.579. The summed E-state index contributed by atoms with van der Waals surface area (Å²) in [4.78, 5) is 10.8. The summed E-state index contributed by atoms with van der Waals surface area (Å²) in [7, 11) is 0.579. The molecule has 0 aliphatic carbocycles. The second kappa shape index (κ2) is 4.57. The van der Waals surface area contributed by atoms with Crippen LogP contribution in [0.25, 0.3) is 0 Å². The Morgan fingerprint density at radius 2 is 2.33 bits per heavy atom. The SMILES string of the molecule is CNC(=O)CS(=O)CC1CNC1. The first-order chi connectivity index (χ1) is 5.72. The fourth-order valence-electron chi connectivity index (χ4n) is 1.01. The Balaban J connectivity index is 2.14. The minimum Gasteiger partial charge on any atom is -0.358 e. The summed E-state index contributed by atoms with van der Waals surface area (Å²) in [6, 6.07) is 0. The Kier molecular flexibility index (Phi) is 3.68. The Morgan fingerprint density at radius 3 is 2.75 bits per heavy atom. The molecule has 0 aromatic rings. The van der Waals surface area contributed by atoms with Gasteiger partial charge in [0.25, 0.3) is 0 Å². The molecule has 2 N–H and O–H groups in total. The number of carbonyl (C=O) groups excluding carboxylic acids is 1. The molecule has 70 valence electrons. The van der Waals surface area contributed by atoms with Crippen LogP contribution in [0.4, 0.5) is 0 Å². The van der Waals surface area contributed by atoms with Crippen LogP contribution < -0.4 is 10.6 Å². The summed E-state index contributed by atoms with van der Waals surface area (Å²) in [5.74, 6) is 1.17. The topological polar surface area (TPSA) is 58.2 Å². The van der Waals surface area contributed by atoms with E-state index in [1.54, 1.807) is 7.05 Å². The zero-order valence-corrected chi connectivity index (χ0v) is 7.95. The Morgan fingerprint density at radius 1 is 1.67 bits per heavy atom. The highest BCUT2D eigenvalue weighted by molar-refractivity contribution is 7.85. The summed E-state index contributed by atoms with van der Waals surface area (Å²) < 4.78 is 11.2. The highest BCUT2D eigenvalue weighted by atomic mass is 32.2. The molecule has 1 fully saturated rings. The van der Waals surface area contributed by atoms with Gasteiger partial charge >= 0.3 is 0 Å². The third-order valence-electron chi connectivity index (χ3n) is 1.86. The first-order valence-electron chi connectivity index (χ1n) is 3.98. The molecule has 1 aliphatic heterocycles. The van der Waals surface area contributed by atoms with Crippen molar-refractivity contribution in [3.8, 4) is 0 Å². The lowest BCUT2D eigenvalue weighted by molar-refractivity contribution is -0.118. The number of nitrogens with one attached hydrogen (secondary N) is 2. The van der Waals surface area contributed by atoms with Gasteiger partial charge in [0.15, 0.2) is 0 Å². The average Bonchev–Trinajstić information content (AvgIpc) is 1.97. The van der Waals surface area contributed by atoms with Gasteiger partial charge in [0.2, 0.25) is 5.91 Å². The zero-order chi connectivity index (χ0) is 8.97. The lowest BCUT2D eigenvalue weighted by Gasteiger charge is -2.26. The molecule has 1 amide bonds. The van der Waals surface area contributed by atoms with Gasteiger partial charge in [-0.2, -0.15) is 0 Å². The lowest BCUT2D eigenvalue weighted by atomic mass is 10.1. The molecule has 0 spiro atoms. The van der Waals surface area contributed by atoms with Crippen molar-refractivity contribution in [2.75, 3.05) is 31.6 Å². The minimum absolute atomic E-state index is 0.138. The normalized spacial score (nSPS) is 19.8. The standard InChI is InChI=1S/C7H14N2O2S/c1-8-7(10)5-12(11)4-6-2-9-3-6/h6,9H,2-5H2,1H3,(H,8,10). The van der Waals surface area contributed by atoms with E-state index in [4.69, 9.17) is 0 Å². The van der Waals surface area contributed by atoms with Crippen LogP contribution in [0.3, 0.4) is 0 Å². The summed E-state index contributed by atoms with van der Waals surface area (Å²) in [5, 5.41) is 5.56. The van der Waals surface area contributed by atoms with Gasteiger partial charge in [0, 0.05) is 36.7 Å². The molecular weight excluding hydrogens is 176 g/mol. The van der Waals surface area contributed by atoms with Crippen molar-refractivity contribution in [2.24, 2.45) is 5.92 Å². The molecule has 1 aliphatic rings. The summed E-state index contributed by atoms with van der Waals surface area (Å²) in [5.41, 5.74) is 0. The van der Waals surface area contributed by atoms with Crippen LogP contribution in [0.2, 0.25) is 0 Å². The highest BCUT2D eigenvalue weighted by Gasteiger charge is 2.20. The third-order valence-corrected chi connectivity index (χ3v) is 3.29. The summed E-state index contributed by atoms with van der Waals surface area (Å²) >= 11 is 0. The van der Waals surface area contributed by atoms with Crippen LogP contribution in [0.15, 0.2) is 0 Å². The van der Waals surface area contributed by atoms with Crippen LogP contribution in [0.1, 0.15) is 0 Å². The molecule has 12 heavy (non-hydrogen) atoms. The van der Waals surface area contributed by atoms with Gasteiger partial charge in [0.05, 0.1) is 0 Å². The predicted octanol–water partition coefficient (Wildman–Crippen LogP) is -1.30. The van der Waals surface area contributed by atoms with Gasteiger partial charge in [-0.25, -0.2) is 0 Å². The number of hydrogen-bond acceptors (Lipinski definition) is 3. The van der Waals surface area contributed by atoms with E-state index in [0.717, 1.165) is 13.1 Å². The van der Waals surface area contributed by atoms with Gasteiger partial charge < -0.3 is 10.6 Å². The average molecular weight is 190 g/mol. The zero-order valence-electron chi connectivity index (χ0n) is 7.13. The van der Waals surface area contributed by atoms with Gasteiger partial charge in [0.1, 0.15) is 5.75 Å². The number of hydrogen-bond donors (Lipinski definition) is 2. The van der Waals surface area contributed by atoms with Crippen molar-refractivity contribution in [1.29, 1.82) is 0 Å². The lowest BCUT2D eigenvalue weighted by Crippen LogP contribution is -2.45. The van der Waals surface area contributed by atoms with Crippen molar-refractivity contribution >= 4 is 16.7 Å². The second-order valence-electron chi connectivity index (χ2n) is 2.95. The van der Waals surface area contributed by atoms with Gasteiger partial charge in [-0.1, -0.05) is 0 Å². The minimum atomic E-state index is -0.981. The van der Waals surface area contributed by atoms with Crippen LogP contribution >= 0.6 is 0 Å². The van der Waals surface area contributed by atoms with Crippen molar-refractivity contribution < 1.29 is 9.00 Å². The molecule has 0 bridgehead atoms. The number of rotatable bonds is 4. The fourth-order valence-corrected chi connectivity index (χ4v) is 2.32. The van der Waals surface area contributed by atoms with E-state index in [1.165, 1.54) is 0 Å². The molecule has 1 saturated heterocycles. The Hall–Kier alpha value is -0.420. The molecule has 4 nitrogen and oxygen atoms in total. The van der Waals surface area contributed by atoms with Crippen LogP contribution in [0.5, 0.6) is 0 Å². The van der Waals surface area contributed by atoms with E-state index in [0.29, 0.717) is 11.7 Å². The maximum absolute atomic E-state index is 11.2. The van der Waals surface area contributed by atoms with Crippen molar-refractivity contribution in [3.05, 3.63) is 0 Å². The van der Waals surface area contributed by atoms with E-state index in [-0.39, 0.29) is 11.7 Å². The molecular formula is C7H14N2O2S. The summed E-state index contributed by atoms with van der Waals surface area (Å²) in [6.45, 7) is 1.89. The van der Waals surface area contributed by atoms with Crippen LogP contribution in [-0.4, -0.2) is 41.8 Å². The van der Waals surface area contributed by atoms with E-state index in [9.17, 15) is 9.00 Å². The maximum atomic E-state index is 11.2. The monoisotopic (exact) mass is 190 g/mol. The van der Waals surface area contributed by atoms with Gasteiger partial charge in [-0.15, -0.1) is 0 Å². The highest BCUT2D eigenvalue weighted by Crippen LogP contribution is 2.04. The van der Waals surface area contributed by atoms with E-state index in [2.05, 4.69) is 10.6 Å². The molecule has 5 heteroatoms. The Labute approximate surface area is 74.6 Å². The van der Waals surface area contributed by atoms with E-state index in [1.807, 2.05) is 0 Å². The first kappa shape index (κ1) is 9.67. The second-order valence-corrected chi connectivity index (χ2v) is 4.45. The van der Waals surface area contributed by atoms with Crippen molar-refractivity contribution in [3.63, 3.8) is 0 Å². The number of amides is 1. The first-order valence-corrected chi connectivity index (χ1v) is 5.47. The third kappa shape index (κ3) is 2.91. The molecule has 1 rings (SSSR count). The molecule has 0 radical (unpaired) electrons. The van der Waals surface area contributed by atoms with Gasteiger partial charge in [-0.05, 0) is 5.92 Å². The molecule has 0 aromatic carbocycles. The Bertz CT molecular complexity index is 192. The van der Waals surface area contributed by atoms with Crippen molar-refractivity contribution in [2.45, 2.75) is 0 Å². The molecule has 1 atom stereocenters. The van der Waals surface area contributed by atoms with Crippen LogP contribution in [-0.2, 0) is 15.6 Å². The van der Waals surface area contributed by atoms with Crippen LogP contribution in [0, 0.1) is 5.92 Å². The largest absolute Gasteiger partial charge is 0.358 e. The molecule has 0 saturated carbocycles. The van der Waals surface area contributed by atoms with E-state index >= 15 is 0 Å². The number of carbonyl (C=O) groups is 1. The maximum Gasteiger partial charge on any atom is 0.232 e. The summed E-state index contributed by atoms with van der Waals surface area (Å²) in [6.07, 6.45) is 0. The van der Waals surface area contributed by atoms with Gasteiger partial charge in [-0.3, -0.25) is 9.00 Å². The predicted molar refractivity (Wildman–Crippen MR) is 48.3 cm³/mol. The molecule has 0 aromatic heterocycles.